The van der Waals surface area contributed by atoms with E-state index in [4.69, 9.17) is 21.1 Å². The van der Waals surface area contributed by atoms with E-state index in [1.165, 1.54) is 12.3 Å². The second-order valence-corrected chi connectivity index (χ2v) is 6.76. The van der Waals surface area contributed by atoms with Crippen LogP contribution in [-0.4, -0.2) is 28.6 Å². The number of nitrogens with zero attached hydrogens (tertiary/aromatic N) is 3. The highest BCUT2D eigenvalue weighted by Gasteiger charge is 2.21. The van der Waals surface area contributed by atoms with Crippen LogP contribution in [0.15, 0.2) is 71.8 Å². The van der Waals surface area contributed by atoms with E-state index in [0.717, 1.165) is 18.2 Å². The number of hydrogen-bond donors (Lipinski definition) is 1. The van der Waals surface area contributed by atoms with Gasteiger partial charge in [-0.2, -0.15) is 5.10 Å². The molecule has 0 unspecified atom stereocenters. The Kier molecular flexibility index (Phi) is 7.50. The number of non-ortho nitro benzene ring substituents is 1. The van der Waals surface area contributed by atoms with E-state index in [2.05, 4.69) is 10.5 Å². The summed E-state index contributed by atoms with van der Waals surface area (Å²) < 4.78 is 10.8. The molecule has 11 nitrogen and oxygen atoms in total. The molecule has 1 amide bonds. The number of halogens is 1. The molecule has 3 aromatic rings. The zero-order valence-electron chi connectivity index (χ0n) is 16.7. The molecule has 0 saturated heterocycles. The zero-order valence-corrected chi connectivity index (χ0v) is 17.5. The summed E-state index contributed by atoms with van der Waals surface area (Å²) in [6, 6.07) is 16.1. The summed E-state index contributed by atoms with van der Waals surface area (Å²) in [6.07, 6.45) is 1.34. The summed E-state index contributed by atoms with van der Waals surface area (Å²) in [5, 5.41) is 26.3. The monoisotopic (exact) mass is 470 g/mol. The molecule has 0 spiro atoms. The molecule has 3 rings (SSSR count). The molecule has 3 aromatic carbocycles. The first-order valence-electron chi connectivity index (χ1n) is 9.23. The summed E-state index contributed by atoms with van der Waals surface area (Å²) in [4.78, 5) is 32.5. The number of nitrogens with one attached hydrogen (secondary N) is 1. The van der Waals surface area contributed by atoms with Crippen LogP contribution >= 0.6 is 11.6 Å². The molecule has 0 saturated carbocycles. The van der Waals surface area contributed by atoms with Gasteiger partial charge in [0.15, 0.2) is 6.61 Å². The van der Waals surface area contributed by atoms with E-state index < -0.39 is 27.1 Å². The van der Waals surface area contributed by atoms with Crippen LogP contribution in [-0.2, 0) is 4.79 Å². The second kappa shape index (κ2) is 10.7. The van der Waals surface area contributed by atoms with E-state index in [1.54, 1.807) is 42.5 Å². The molecule has 0 aromatic heterocycles. The Labute approximate surface area is 191 Å². The van der Waals surface area contributed by atoms with Crippen molar-refractivity contribution in [2.75, 3.05) is 6.61 Å². The molecule has 0 aliphatic heterocycles. The number of para-hydroxylation sites is 1. The highest BCUT2D eigenvalue weighted by molar-refractivity contribution is 6.32. The van der Waals surface area contributed by atoms with Crippen molar-refractivity contribution in [3.63, 3.8) is 0 Å². The van der Waals surface area contributed by atoms with Gasteiger partial charge in [-0.1, -0.05) is 35.9 Å². The number of nitro groups is 2. The van der Waals surface area contributed by atoms with Gasteiger partial charge in [-0.25, -0.2) is 5.43 Å². The zero-order chi connectivity index (χ0) is 23.8. The predicted molar refractivity (Wildman–Crippen MR) is 119 cm³/mol. The number of hydrazone groups is 1. The van der Waals surface area contributed by atoms with Crippen LogP contribution in [0.25, 0.3) is 0 Å². The van der Waals surface area contributed by atoms with Crippen molar-refractivity contribution in [3.8, 4) is 17.2 Å². The van der Waals surface area contributed by atoms with Gasteiger partial charge in [-0.15, -0.1) is 0 Å². The van der Waals surface area contributed by atoms with Crippen molar-refractivity contribution >= 4 is 35.1 Å². The molecule has 0 bridgehead atoms. The molecule has 0 aliphatic carbocycles. The second-order valence-electron chi connectivity index (χ2n) is 6.35. The Morgan fingerprint density at radius 3 is 2.52 bits per heavy atom. The predicted octanol–water partition coefficient (Wildman–Crippen LogP) is 4.48. The van der Waals surface area contributed by atoms with Crippen molar-refractivity contribution in [3.05, 3.63) is 97.5 Å². The standard InChI is InChI=1S/C21H15ClN4O7/c22-17-6-1-2-7-19(17)32-13-21(27)24-23-12-14-4-3-5-16(10-14)33-20-9-8-15(25(28)29)11-18(20)26(30)31/h1-12H,13H2,(H,24,27)/b23-12+. The van der Waals surface area contributed by atoms with E-state index in [9.17, 15) is 25.0 Å². The van der Waals surface area contributed by atoms with Crippen LogP contribution in [0.1, 0.15) is 5.56 Å². The number of ether oxygens (including phenoxy) is 2. The Hall–Kier alpha value is -4.51. The van der Waals surface area contributed by atoms with Gasteiger partial charge < -0.3 is 9.47 Å². The fourth-order valence-electron chi connectivity index (χ4n) is 2.55. The van der Waals surface area contributed by atoms with Crippen LogP contribution in [0.4, 0.5) is 11.4 Å². The first-order valence-corrected chi connectivity index (χ1v) is 9.61. The van der Waals surface area contributed by atoms with Crippen molar-refractivity contribution in [2.24, 2.45) is 5.10 Å². The minimum Gasteiger partial charge on any atom is -0.482 e. The third-order valence-corrected chi connectivity index (χ3v) is 4.35. The molecular formula is C21H15ClN4O7. The number of nitro benzene ring substituents is 2. The smallest absolute Gasteiger partial charge is 0.318 e. The van der Waals surface area contributed by atoms with Gasteiger partial charge in [0, 0.05) is 6.07 Å². The third kappa shape index (κ3) is 6.48. The maximum Gasteiger partial charge on any atom is 0.318 e. The van der Waals surface area contributed by atoms with Gasteiger partial charge in [0.05, 0.1) is 27.2 Å². The minimum atomic E-state index is -0.770. The van der Waals surface area contributed by atoms with Crippen molar-refractivity contribution < 1.29 is 24.1 Å². The molecule has 0 aliphatic rings. The highest BCUT2D eigenvalue weighted by atomic mass is 35.5. The maximum absolute atomic E-state index is 11.9. The van der Waals surface area contributed by atoms with Crippen LogP contribution < -0.4 is 14.9 Å². The average Bonchev–Trinajstić information content (AvgIpc) is 2.79. The van der Waals surface area contributed by atoms with Gasteiger partial charge in [0.2, 0.25) is 5.75 Å². The Morgan fingerprint density at radius 2 is 1.79 bits per heavy atom. The molecule has 33 heavy (non-hydrogen) atoms. The first kappa shape index (κ1) is 23.2. The first-order chi connectivity index (χ1) is 15.8. The van der Waals surface area contributed by atoms with Gasteiger partial charge in [-0.3, -0.25) is 25.0 Å². The number of hydrogen-bond acceptors (Lipinski definition) is 8. The van der Waals surface area contributed by atoms with Gasteiger partial charge in [-0.05, 0) is 35.9 Å². The van der Waals surface area contributed by atoms with Gasteiger partial charge in [0.1, 0.15) is 11.5 Å². The largest absolute Gasteiger partial charge is 0.482 e. The number of carbonyl (C=O) groups excluding carboxylic acids is 1. The van der Waals surface area contributed by atoms with E-state index >= 15 is 0 Å². The van der Waals surface area contributed by atoms with Gasteiger partial charge in [0.25, 0.3) is 11.6 Å². The fraction of sp³-hybridized carbons (Fsp3) is 0.0476. The summed E-state index contributed by atoms with van der Waals surface area (Å²) in [6.45, 7) is -0.298. The Morgan fingerprint density at radius 1 is 1.00 bits per heavy atom. The minimum absolute atomic E-state index is 0.162. The molecule has 0 fully saturated rings. The molecule has 168 valence electrons. The lowest BCUT2D eigenvalue weighted by atomic mass is 10.2. The Bertz CT molecular complexity index is 1230. The van der Waals surface area contributed by atoms with Crippen LogP contribution in [0, 0.1) is 20.2 Å². The third-order valence-electron chi connectivity index (χ3n) is 4.03. The van der Waals surface area contributed by atoms with Crippen molar-refractivity contribution in [1.82, 2.24) is 5.43 Å². The molecule has 12 heteroatoms. The van der Waals surface area contributed by atoms with E-state index in [1.807, 2.05) is 0 Å². The molecule has 0 radical (unpaired) electrons. The van der Waals surface area contributed by atoms with Crippen molar-refractivity contribution in [2.45, 2.75) is 0 Å². The summed E-state index contributed by atoms with van der Waals surface area (Å²) in [5.74, 6) is -0.0856. The topological polar surface area (TPSA) is 146 Å². The number of rotatable bonds is 9. The van der Waals surface area contributed by atoms with Crippen LogP contribution in [0.3, 0.4) is 0 Å². The highest BCUT2D eigenvalue weighted by Crippen LogP contribution is 2.34. The lowest BCUT2D eigenvalue weighted by molar-refractivity contribution is -0.394. The lowest BCUT2D eigenvalue weighted by Crippen LogP contribution is -2.24. The Balaban J connectivity index is 1.62. The number of carbonyl (C=O) groups is 1. The summed E-state index contributed by atoms with van der Waals surface area (Å²) >= 11 is 5.95. The fourth-order valence-corrected chi connectivity index (χ4v) is 2.74. The summed E-state index contributed by atoms with van der Waals surface area (Å²) in [7, 11) is 0. The normalized spacial score (nSPS) is 10.6. The van der Waals surface area contributed by atoms with Crippen LogP contribution in [0.2, 0.25) is 5.02 Å². The maximum atomic E-state index is 11.9. The average molecular weight is 471 g/mol. The summed E-state index contributed by atoms with van der Waals surface area (Å²) in [5.41, 5.74) is 1.84. The molecule has 1 N–H and O–H groups in total. The number of amides is 1. The SMILES string of the molecule is O=C(COc1ccccc1Cl)N/N=C/c1cccc(Oc2ccc([N+](=O)[O-])cc2[N+](=O)[O-])c1. The quantitative estimate of drug-likeness (QED) is 0.275. The van der Waals surface area contributed by atoms with E-state index in [-0.39, 0.29) is 18.1 Å². The number of benzene rings is 3. The lowest BCUT2D eigenvalue weighted by Gasteiger charge is -2.07. The van der Waals surface area contributed by atoms with Crippen LogP contribution in [0.5, 0.6) is 17.2 Å². The van der Waals surface area contributed by atoms with Gasteiger partial charge >= 0.3 is 5.69 Å². The molecule has 0 heterocycles. The molecule has 0 atom stereocenters. The van der Waals surface area contributed by atoms with Crippen molar-refractivity contribution in [1.29, 1.82) is 0 Å². The van der Waals surface area contributed by atoms with E-state index in [0.29, 0.717) is 16.3 Å². The molecular weight excluding hydrogens is 456 g/mol.